The summed E-state index contributed by atoms with van der Waals surface area (Å²) in [5, 5.41) is 11.2. The zero-order valence-corrected chi connectivity index (χ0v) is 6.79. The van der Waals surface area contributed by atoms with Crippen molar-refractivity contribution in [1.29, 1.82) is 0 Å². The summed E-state index contributed by atoms with van der Waals surface area (Å²) >= 11 is 0. The van der Waals surface area contributed by atoms with Crippen LogP contribution in [0.25, 0.3) is 0 Å². The second kappa shape index (κ2) is 4.49. The molecule has 0 rings (SSSR count). The summed E-state index contributed by atoms with van der Waals surface area (Å²) < 4.78 is 4.36. The van der Waals surface area contributed by atoms with Crippen molar-refractivity contribution < 1.29 is 14.7 Å². The van der Waals surface area contributed by atoms with E-state index in [1.165, 1.54) is 13.2 Å². The van der Waals surface area contributed by atoms with E-state index in [1.54, 1.807) is 13.8 Å². The average molecular weight is 157 g/mol. The lowest BCUT2D eigenvalue weighted by Crippen LogP contribution is -2.00. The van der Waals surface area contributed by atoms with Crippen LogP contribution in [0.5, 0.6) is 0 Å². The number of nitrogens with zero attached hydrogens (tertiary/aromatic N) is 1. The van der Waals surface area contributed by atoms with Gasteiger partial charge in [0.05, 0.1) is 12.8 Å². The second-order valence-corrected chi connectivity index (χ2v) is 2.04. The van der Waals surface area contributed by atoms with E-state index in [1.807, 2.05) is 0 Å². The van der Waals surface area contributed by atoms with Gasteiger partial charge in [0.2, 0.25) is 0 Å². The number of allylic oxidation sites excluding steroid dienone is 1. The maximum atomic E-state index is 10.6. The van der Waals surface area contributed by atoms with E-state index in [-0.39, 0.29) is 0 Å². The minimum atomic E-state index is -0.453. The van der Waals surface area contributed by atoms with Gasteiger partial charge in [-0.1, -0.05) is 5.16 Å². The van der Waals surface area contributed by atoms with Gasteiger partial charge < -0.3 is 9.94 Å². The molecule has 1 N–H and O–H groups in total. The van der Waals surface area contributed by atoms with E-state index in [0.29, 0.717) is 11.3 Å². The van der Waals surface area contributed by atoms with Crippen LogP contribution in [0.2, 0.25) is 0 Å². The van der Waals surface area contributed by atoms with E-state index in [9.17, 15) is 4.79 Å². The number of hydrogen-bond donors (Lipinski definition) is 1. The summed E-state index contributed by atoms with van der Waals surface area (Å²) in [6.45, 7) is 3.25. The van der Waals surface area contributed by atoms with Crippen molar-refractivity contribution in [2.24, 2.45) is 5.16 Å². The molecule has 0 heterocycles. The first-order chi connectivity index (χ1) is 5.11. The Morgan fingerprint density at radius 3 is 2.45 bits per heavy atom. The Balaban J connectivity index is 4.34. The van der Waals surface area contributed by atoms with Crippen molar-refractivity contribution in [2.45, 2.75) is 13.8 Å². The number of rotatable bonds is 2. The molecule has 0 aliphatic heterocycles. The standard InChI is InChI=1S/C7H11NO3/c1-5(6(2)8-10)4-7(9)11-3/h4,10H,1-3H3/b5-4+,8-6+. The lowest BCUT2D eigenvalue weighted by molar-refractivity contribution is -0.134. The van der Waals surface area contributed by atoms with Crippen LogP contribution in [-0.4, -0.2) is 24.0 Å². The first kappa shape index (κ1) is 9.68. The maximum absolute atomic E-state index is 10.6. The van der Waals surface area contributed by atoms with Gasteiger partial charge in [-0.15, -0.1) is 0 Å². The fourth-order valence-electron chi connectivity index (χ4n) is 0.419. The van der Waals surface area contributed by atoms with Crippen molar-refractivity contribution in [3.8, 4) is 0 Å². The molecule has 0 aliphatic rings. The van der Waals surface area contributed by atoms with Gasteiger partial charge in [-0.05, 0) is 19.4 Å². The fourth-order valence-corrected chi connectivity index (χ4v) is 0.419. The molecular weight excluding hydrogens is 146 g/mol. The van der Waals surface area contributed by atoms with Gasteiger partial charge in [-0.2, -0.15) is 0 Å². The number of carbonyl (C=O) groups excluding carboxylic acids is 1. The summed E-state index contributed by atoms with van der Waals surface area (Å²) in [4.78, 5) is 10.6. The zero-order chi connectivity index (χ0) is 8.85. The predicted octanol–water partition coefficient (Wildman–Crippen LogP) is 0.956. The molecule has 11 heavy (non-hydrogen) atoms. The highest BCUT2D eigenvalue weighted by molar-refractivity contribution is 6.01. The normalized spacial score (nSPS) is 13.0. The van der Waals surface area contributed by atoms with Crippen LogP contribution in [0.3, 0.4) is 0 Å². The molecule has 0 radical (unpaired) electrons. The van der Waals surface area contributed by atoms with Crippen molar-refractivity contribution in [3.05, 3.63) is 11.6 Å². The lowest BCUT2D eigenvalue weighted by Gasteiger charge is -1.95. The Hall–Kier alpha value is -1.32. The van der Waals surface area contributed by atoms with E-state index in [4.69, 9.17) is 5.21 Å². The Kier molecular flexibility index (Phi) is 3.95. The van der Waals surface area contributed by atoms with Crippen LogP contribution in [0.4, 0.5) is 0 Å². The first-order valence-electron chi connectivity index (χ1n) is 3.07. The van der Waals surface area contributed by atoms with Gasteiger partial charge in [0, 0.05) is 6.08 Å². The number of ether oxygens (including phenoxy) is 1. The van der Waals surface area contributed by atoms with Crippen molar-refractivity contribution in [1.82, 2.24) is 0 Å². The molecule has 0 aromatic heterocycles. The van der Waals surface area contributed by atoms with E-state index in [0.717, 1.165) is 0 Å². The summed E-state index contributed by atoms with van der Waals surface area (Å²) in [6.07, 6.45) is 1.26. The second-order valence-electron chi connectivity index (χ2n) is 2.04. The third-order valence-corrected chi connectivity index (χ3v) is 1.26. The summed E-state index contributed by atoms with van der Waals surface area (Å²) in [5.74, 6) is -0.453. The van der Waals surface area contributed by atoms with Gasteiger partial charge in [-0.3, -0.25) is 0 Å². The molecule has 0 saturated heterocycles. The van der Waals surface area contributed by atoms with Gasteiger partial charge >= 0.3 is 5.97 Å². The van der Waals surface area contributed by atoms with Crippen LogP contribution in [0.1, 0.15) is 13.8 Å². The van der Waals surface area contributed by atoms with Gasteiger partial charge in [0.25, 0.3) is 0 Å². The third kappa shape index (κ3) is 3.40. The predicted molar refractivity (Wildman–Crippen MR) is 40.7 cm³/mol. The maximum Gasteiger partial charge on any atom is 0.330 e. The number of hydrogen-bond acceptors (Lipinski definition) is 4. The highest BCUT2D eigenvalue weighted by atomic mass is 16.5. The summed E-state index contributed by atoms with van der Waals surface area (Å²) in [7, 11) is 1.29. The Bertz CT molecular complexity index is 206. The Morgan fingerprint density at radius 1 is 1.55 bits per heavy atom. The molecule has 4 heteroatoms. The molecule has 0 aromatic carbocycles. The fraction of sp³-hybridized carbons (Fsp3) is 0.429. The molecule has 0 aliphatic carbocycles. The monoisotopic (exact) mass is 157 g/mol. The molecular formula is C7H11NO3. The molecule has 0 atom stereocenters. The van der Waals surface area contributed by atoms with Gasteiger partial charge in [-0.25, -0.2) is 4.79 Å². The molecule has 0 unspecified atom stereocenters. The van der Waals surface area contributed by atoms with Crippen LogP contribution in [-0.2, 0) is 9.53 Å². The molecule has 0 fully saturated rings. The molecule has 0 spiro atoms. The SMILES string of the molecule is COC(=O)/C=C(C)/C(C)=N/O. The van der Waals surface area contributed by atoms with Crippen molar-refractivity contribution in [3.63, 3.8) is 0 Å². The minimum absolute atomic E-state index is 0.399. The number of methoxy groups -OCH3 is 1. The number of esters is 1. The highest BCUT2D eigenvalue weighted by Gasteiger charge is 1.99. The first-order valence-corrected chi connectivity index (χ1v) is 3.07. The summed E-state index contributed by atoms with van der Waals surface area (Å²) in [5.41, 5.74) is 0.981. The van der Waals surface area contributed by atoms with Crippen molar-refractivity contribution in [2.75, 3.05) is 7.11 Å². The number of carbonyl (C=O) groups is 1. The molecule has 0 amide bonds. The van der Waals surface area contributed by atoms with E-state index in [2.05, 4.69) is 9.89 Å². The molecule has 0 saturated carbocycles. The molecule has 0 bridgehead atoms. The number of oxime groups is 1. The van der Waals surface area contributed by atoms with E-state index >= 15 is 0 Å². The van der Waals surface area contributed by atoms with Crippen LogP contribution in [0.15, 0.2) is 16.8 Å². The topological polar surface area (TPSA) is 58.9 Å². The van der Waals surface area contributed by atoms with Gasteiger partial charge in [0.15, 0.2) is 0 Å². The van der Waals surface area contributed by atoms with E-state index < -0.39 is 5.97 Å². The third-order valence-electron chi connectivity index (χ3n) is 1.26. The van der Waals surface area contributed by atoms with Crippen LogP contribution >= 0.6 is 0 Å². The molecule has 4 nitrogen and oxygen atoms in total. The summed E-state index contributed by atoms with van der Waals surface area (Å²) in [6, 6.07) is 0. The smallest absolute Gasteiger partial charge is 0.330 e. The Labute approximate surface area is 65.2 Å². The molecule has 0 aromatic rings. The van der Waals surface area contributed by atoms with Gasteiger partial charge in [0.1, 0.15) is 0 Å². The van der Waals surface area contributed by atoms with Crippen LogP contribution in [0, 0.1) is 0 Å². The minimum Gasteiger partial charge on any atom is -0.466 e. The molecule has 62 valence electrons. The highest BCUT2D eigenvalue weighted by Crippen LogP contribution is 1.96. The quantitative estimate of drug-likeness (QED) is 0.213. The average Bonchev–Trinajstić information content (AvgIpc) is 2.02. The van der Waals surface area contributed by atoms with Crippen molar-refractivity contribution >= 4 is 11.7 Å². The lowest BCUT2D eigenvalue weighted by atomic mass is 10.2. The zero-order valence-electron chi connectivity index (χ0n) is 6.79. The van der Waals surface area contributed by atoms with Crippen LogP contribution < -0.4 is 0 Å². The Morgan fingerprint density at radius 2 is 2.09 bits per heavy atom. The largest absolute Gasteiger partial charge is 0.466 e.